The smallest absolute Gasteiger partial charge is 0.264 e. The molecule has 0 fully saturated rings. The van der Waals surface area contributed by atoms with E-state index in [-0.39, 0.29) is 18.3 Å². The molecule has 0 bridgehead atoms. The van der Waals surface area contributed by atoms with Crippen molar-refractivity contribution in [2.75, 3.05) is 19.5 Å². The van der Waals surface area contributed by atoms with Crippen LogP contribution < -0.4 is 0 Å². The number of hydrogen-bond donors (Lipinski definition) is 0. The molecule has 3 rings (SSSR count). The van der Waals surface area contributed by atoms with Crippen molar-refractivity contribution in [2.24, 2.45) is 0 Å². The fraction of sp³-hybridized carbons (Fsp3) is 0.471. The predicted molar refractivity (Wildman–Crippen MR) is 174 cm³/mol. The van der Waals surface area contributed by atoms with E-state index in [2.05, 4.69) is 33.9 Å². The van der Waals surface area contributed by atoms with E-state index in [0.29, 0.717) is 26.2 Å². The second-order valence-electron chi connectivity index (χ2n) is 12.3. The van der Waals surface area contributed by atoms with Gasteiger partial charge in [0.2, 0.25) is 0 Å². The Kier molecular flexibility index (Phi) is 13.6. The first-order valence-corrected chi connectivity index (χ1v) is 19.5. The highest BCUT2D eigenvalue weighted by molar-refractivity contribution is 7.86. The summed E-state index contributed by atoms with van der Waals surface area (Å²) in [4.78, 5) is 0. The van der Waals surface area contributed by atoms with Crippen molar-refractivity contribution in [1.29, 1.82) is 0 Å². The van der Waals surface area contributed by atoms with E-state index in [9.17, 15) is 8.42 Å². The molecule has 9 heteroatoms. The third kappa shape index (κ3) is 12.6. The quantitative estimate of drug-likeness (QED) is 0.110. The number of benzene rings is 3. The van der Waals surface area contributed by atoms with Crippen LogP contribution in [-0.2, 0) is 52.8 Å². The fourth-order valence-corrected chi connectivity index (χ4v) is 5.93. The van der Waals surface area contributed by atoms with Crippen molar-refractivity contribution >= 4 is 18.4 Å². The maximum absolute atomic E-state index is 12.5. The molecule has 0 radical (unpaired) electrons. The Morgan fingerprint density at radius 3 is 1.63 bits per heavy atom. The first-order valence-electron chi connectivity index (χ1n) is 14.8. The van der Waals surface area contributed by atoms with E-state index in [1.165, 1.54) is 0 Å². The summed E-state index contributed by atoms with van der Waals surface area (Å²) in [5.74, 6) is 0. The van der Waals surface area contributed by atoms with Gasteiger partial charge in [-0.2, -0.15) is 8.42 Å². The molecule has 0 N–H and O–H groups in total. The molecule has 0 saturated carbocycles. The van der Waals surface area contributed by atoms with E-state index in [1.54, 1.807) is 0 Å². The van der Waals surface area contributed by atoms with Crippen LogP contribution in [0.3, 0.4) is 0 Å². The van der Waals surface area contributed by atoms with Crippen LogP contribution in [0.25, 0.3) is 0 Å². The van der Waals surface area contributed by atoms with Gasteiger partial charge in [0.1, 0.15) is 12.2 Å². The molecule has 0 spiro atoms. The van der Waals surface area contributed by atoms with Crippen LogP contribution in [0.1, 0.15) is 43.9 Å². The zero-order chi connectivity index (χ0) is 31.3. The van der Waals surface area contributed by atoms with Gasteiger partial charge in [-0.3, -0.25) is 4.18 Å². The van der Waals surface area contributed by atoms with Gasteiger partial charge < -0.3 is 18.6 Å². The molecule has 3 aromatic carbocycles. The maximum Gasteiger partial charge on any atom is 0.264 e. The lowest BCUT2D eigenvalue weighted by molar-refractivity contribution is -0.143. The molecule has 0 heterocycles. The van der Waals surface area contributed by atoms with E-state index < -0.39 is 36.7 Å². The third-order valence-corrected chi connectivity index (χ3v) is 12.8. The Morgan fingerprint density at radius 1 is 0.698 bits per heavy atom. The summed E-state index contributed by atoms with van der Waals surface area (Å²) in [5.41, 5.74) is 2.93. The van der Waals surface area contributed by atoms with Crippen molar-refractivity contribution < 1.29 is 31.2 Å². The molecule has 0 aromatic heterocycles. The minimum atomic E-state index is -3.85. The molecular weight excluding hydrogens is 581 g/mol. The molecule has 0 saturated heterocycles. The van der Waals surface area contributed by atoms with Crippen LogP contribution in [-0.4, -0.2) is 54.5 Å². The van der Waals surface area contributed by atoms with Gasteiger partial charge >= 0.3 is 0 Å². The Balaban J connectivity index is 1.89. The number of hydrogen-bond acceptors (Lipinski definition) is 7. The van der Waals surface area contributed by atoms with Crippen molar-refractivity contribution in [3.05, 3.63) is 108 Å². The van der Waals surface area contributed by atoms with Crippen LogP contribution in [0.4, 0.5) is 0 Å². The average molecular weight is 629 g/mol. The number of rotatable bonds is 18. The highest BCUT2D eigenvalue weighted by Gasteiger charge is 2.39. The molecule has 0 unspecified atom stereocenters. The van der Waals surface area contributed by atoms with Gasteiger partial charge in [0.25, 0.3) is 10.1 Å². The summed E-state index contributed by atoms with van der Waals surface area (Å²) in [6.07, 6.45) is -0.721. The highest BCUT2D eigenvalue weighted by Crippen LogP contribution is 2.36. The molecule has 3 atom stereocenters. The van der Waals surface area contributed by atoms with Crippen LogP contribution in [0.5, 0.6) is 0 Å². The van der Waals surface area contributed by atoms with E-state index >= 15 is 0 Å². The summed E-state index contributed by atoms with van der Waals surface area (Å²) in [6, 6.07) is 29.4. The lowest BCUT2D eigenvalue weighted by Crippen LogP contribution is -2.47. The van der Waals surface area contributed by atoms with Crippen molar-refractivity contribution in [1.82, 2.24) is 0 Å². The molecule has 0 aliphatic rings. The Morgan fingerprint density at radius 2 is 1.16 bits per heavy atom. The lowest BCUT2D eigenvalue weighted by atomic mass is 10.0. The molecule has 236 valence electrons. The topological polar surface area (TPSA) is 80.3 Å². The summed E-state index contributed by atoms with van der Waals surface area (Å²) >= 11 is 0. The Hall–Kier alpha value is -2.37. The Bertz CT molecular complexity index is 1300. The summed E-state index contributed by atoms with van der Waals surface area (Å²) in [7, 11) is -5.89. The SMILES string of the molecule is CC(C)(C)[Si](C)(C)OCC[C@@H](OCc1ccccc1)[C@@H](OCc1ccccc1)[C@@H](COCc1ccccc1)OS(C)(=O)=O. The van der Waals surface area contributed by atoms with Gasteiger partial charge in [0.05, 0.1) is 38.8 Å². The zero-order valence-corrected chi connectivity index (χ0v) is 28.2. The van der Waals surface area contributed by atoms with Crippen LogP contribution in [0, 0.1) is 0 Å². The summed E-state index contributed by atoms with van der Waals surface area (Å²) in [5, 5.41) is 0.0455. The molecular formula is C34H48O7SSi. The van der Waals surface area contributed by atoms with Crippen LogP contribution >= 0.6 is 0 Å². The first kappa shape index (κ1) is 35.1. The molecule has 0 aliphatic heterocycles. The van der Waals surface area contributed by atoms with E-state index in [4.69, 9.17) is 22.8 Å². The summed E-state index contributed by atoms with van der Waals surface area (Å²) < 4.78 is 56.3. The van der Waals surface area contributed by atoms with Crippen LogP contribution in [0.15, 0.2) is 91.0 Å². The molecule has 3 aromatic rings. The normalized spacial score (nSPS) is 14.7. The second kappa shape index (κ2) is 16.6. The highest BCUT2D eigenvalue weighted by atomic mass is 32.2. The van der Waals surface area contributed by atoms with Gasteiger partial charge in [-0.1, -0.05) is 112 Å². The first-order chi connectivity index (χ1) is 20.3. The third-order valence-electron chi connectivity index (χ3n) is 7.69. The standard InChI is InChI=1S/C34H48O7SSi/c1-34(2,3)43(5,6)40-23-22-31(38-25-29-18-12-8-13-19-29)33(39-26-30-20-14-9-15-21-30)32(41-42(4,35)36)27-37-24-28-16-10-7-11-17-28/h7-21,31-33H,22-27H2,1-6H3/t31-,32-,33-/m1/s1. The molecule has 0 amide bonds. The summed E-state index contributed by atoms with van der Waals surface area (Å²) in [6.45, 7) is 12.4. The molecule has 7 nitrogen and oxygen atoms in total. The maximum atomic E-state index is 12.5. The van der Waals surface area contributed by atoms with Gasteiger partial charge in [0, 0.05) is 6.61 Å². The Labute approximate surface area is 259 Å². The largest absolute Gasteiger partial charge is 0.417 e. The van der Waals surface area contributed by atoms with Crippen molar-refractivity contribution in [2.45, 2.75) is 83.5 Å². The fourth-order valence-electron chi connectivity index (χ4n) is 4.26. The van der Waals surface area contributed by atoms with Gasteiger partial charge in [-0.15, -0.1) is 0 Å². The van der Waals surface area contributed by atoms with Crippen LogP contribution in [0.2, 0.25) is 18.1 Å². The van der Waals surface area contributed by atoms with Gasteiger partial charge in [-0.25, -0.2) is 0 Å². The van der Waals surface area contributed by atoms with Crippen molar-refractivity contribution in [3.63, 3.8) is 0 Å². The van der Waals surface area contributed by atoms with E-state index in [0.717, 1.165) is 22.9 Å². The minimum absolute atomic E-state index is 0.00426. The molecule has 43 heavy (non-hydrogen) atoms. The van der Waals surface area contributed by atoms with Crippen molar-refractivity contribution in [3.8, 4) is 0 Å². The molecule has 0 aliphatic carbocycles. The van der Waals surface area contributed by atoms with Gasteiger partial charge in [0.15, 0.2) is 8.32 Å². The number of ether oxygens (including phenoxy) is 3. The monoisotopic (exact) mass is 628 g/mol. The van der Waals surface area contributed by atoms with E-state index in [1.807, 2.05) is 91.0 Å². The second-order valence-corrected chi connectivity index (χ2v) is 18.7. The average Bonchev–Trinajstić information content (AvgIpc) is 2.95. The lowest BCUT2D eigenvalue weighted by Gasteiger charge is -2.37. The minimum Gasteiger partial charge on any atom is -0.417 e. The zero-order valence-electron chi connectivity index (χ0n) is 26.4. The predicted octanol–water partition coefficient (Wildman–Crippen LogP) is 7.13. The van der Waals surface area contributed by atoms with Gasteiger partial charge in [-0.05, 0) is 41.2 Å².